The zero-order valence-corrected chi connectivity index (χ0v) is 16.8. The molecule has 2 amide bonds. The number of terminal acetylenes is 1. The predicted molar refractivity (Wildman–Crippen MR) is 114 cm³/mol. The molecular formula is C21H15ClN2O4S. The number of amidine groups is 1. The van der Waals surface area contributed by atoms with E-state index in [1.54, 1.807) is 48.5 Å². The van der Waals surface area contributed by atoms with Crippen molar-refractivity contribution in [2.75, 3.05) is 13.7 Å². The van der Waals surface area contributed by atoms with Crippen molar-refractivity contribution in [2.45, 2.75) is 0 Å². The van der Waals surface area contributed by atoms with Crippen molar-refractivity contribution in [1.29, 1.82) is 0 Å². The van der Waals surface area contributed by atoms with E-state index < -0.39 is 5.91 Å². The van der Waals surface area contributed by atoms with Gasteiger partial charge in [0.1, 0.15) is 6.61 Å². The first-order valence-corrected chi connectivity index (χ1v) is 9.53. The van der Waals surface area contributed by atoms with Gasteiger partial charge in [-0.15, -0.1) is 6.42 Å². The molecule has 2 aromatic rings. The van der Waals surface area contributed by atoms with Crippen molar-refractivity contribution < 1.29 is 19.1 Å². The number of halogens is 1. The van der Waals surface area contributed by atoms with E-state index in [9.17, 15) is 9.59 Å². The van der Waals surface area contributed by atoms with Gasteiger partial charge in [-0.25, -0.2) is 0 Å². The number of ether oxygens (including phenoxy) is 2. The van der Waals surface area contributed by atoms with Gasteiger partial charge in [0.25, 0.3) is 11.8 Å². The Morgan fingerprint density at radius 3 is 2.72 bits per heavy atom. The van der Waals surface area contributed by atoms with Crippen molar-refractivity contribution >= 4 is 46.4 Å². The fourth-order valence-electron chi connectivity index (χ4n) is 2.39. The number of hydrogen-bond donors (Lipinski definition) is 1. The van der Waals surface area contributed by atoms with Gasteiger partial charge in [-0.1, -0.05) is 23.6 Å². The second-order valence-corrected chi connectivity index (χ2v) is 7.16. The molecule has 1 N–H and O–H groups in total. The molecule has 0 spiro atoms. The quantitative estimate of drug-likeness (QED) is 0.582. The molecule has 0 radical (unpaired) electrons. The summed E-state index contributed by atoms with van der Waals surface area (Å²) in [5.74, 6) is 2.57. The van der Waals surface area contributed by atoms with E-state index in [0.717, 1.165) is 17.3 Å². The largest absolute Gasteiger partial charge is 0.493 e. The monoisotopic (exact) mass is 426 g/mol. The van der Waals surface area contributed by atoms with Crippen LogP contribution in [0.25, 0.3) is 6.08 Å². The number of benzene rings is 2. The van der Waals surface area contributed by atoms with Gasteiger partial charge in [-0.3, -0.25) is 9.59 Å². The van der Waals surface area contributed by atoms with E-state index in [-0.39, 0.29) is 17.7 Å². The first kappa shape index (κ1) is 20.5. The third-order valence-corrected chi connectivity index (χ3v) is 4.90. The second kappa shape index (κ2) is 9.32. The van der Waals surface area contributed by atoms with Gasteiger partial charge in [-0.05, 0) is 59.8 Å². The number of carbonyl (C=O) groups excluding carboxylic acids is 2. The number of aliphatic imine (C=N–C) groups is 1. The Hall–Kier alpha value is -3.21. The van der Waals surface area contributed by atoms with Crippen LogP contribution in [0.1, 0.15) is 15.9 Å². The van der Waals surface area contributed by atoms with Gasteiger partial charge in [0, 0.05) is 10.6 Å². The summed E-state index contributed by atoms with van der Waals surface area (Å²) in [6.45, 7) is 0.122. The van der Waals surface area contributed by atoms with Crippen LogP contribution in [0.3, 0.4) is 0 Å². The van der Waals surface area contributed by atoms with E-state index in [4.69, 9.17) is 27.5 Å². The van der Waals surface area contributed by atoms with Crippen molar-refractivity contribution in [3.05, 3.63) is 63.5 Å². The Bertz CT molecular complexity index is 1060. The molecule has 6 nitrogen and oxygen atoms in total. The van der Waals surface area contributed by atoms with Gasteiger partial charge in [0.05, 0.1) is 12.0 Å². The van der Waals surface area contributed by atoms with Gasteiger partial charge in [0.2, 0.25) is 0 Å². The molecule has 29 heavy (non-hydrogen) atoms. The highest BCUT2D eigenvalue weighted by Crippen LogP contribution is 2.31. The summed E-state index contributed by atoms with van der Waals surface area (Å²) in [5, 5.41) is 3.32. The maximum atomic E-state index is 12.2. The van der Waals surface area contributed by atoms with E-state index in [2.05, 4.69) is 16.2 Å². The van der Waals surface area contributed by atoms with Crippen molar-refractivity contribution in [3.63, 3.8) is 0 Å². The van der Waals surface area contributed by atoms with E-state index in [1.165, 1.54) is 7.11 Å². The average Bonchev–Trinajstić information content (AvgIpc) is 3.05. The topological polar surface area (TPSA) is 77.0 Å². The van der Waals surface area contributed by atoms with Crippen LogP contribution in [0.4, 0.5) is 0 Å². The minimum absolute atomic E-state index is 0.122. The number of methoxy groups -OCH3 is 1. The molecule has 1 heterocycles. The van der Waals surface area contributed by atoms with Crippen LogP contribution < -0.4 is 14.8 Å². The maximum Gasteiger partial charge on any atom is 0.279 e. The van der Waals surface area contributed by atoms with Gasteiger partial charge >= 0.3 is 0 Å². The van der Waals surface area contributed by atoms with Crippen LogP contribution in [0.2, 0.25) is 5.02 Å². The summed E-state index contributed by atoms with van der Waals surface area (Å²) >= 11 is 6.89. The molecule has 0 aromatic heterocycles. The molecule has 0 aliphatic carbocycles. The Balaban J connectivity index is 1.77. The fraction of sp³-hybridized carbons (Fsp3) is 0.0952. The standard InChI is InChI=1S/C21H15ClN2O4S/c1-3-10-28-16-9-4-13(11-17(16)27-2)12-18-20(26)24-21(29-18)23-19(25)14-5-7-15(22)8-6-14/h1,4-9,11-12H,10H2,2H3,(H,23,24,25,26)/b18-12-. The molecule has 1 aliphatic rings. The lowest BCUT2D eigenvalue weighted by Crippen LogP contribution is -2.20. The first-order valence-electron chi connectivity index (χ1n) is 8.34. The van der Waals surface area contributed by atoms with Gasteiger partial charge < -0.3 is 14.8 Å². The molecule has 2 aromatic carbocycles. The van der Waals surface area contributed by atoms with Crippen LogP contribution in [0, 0.1) is 12.3 Å². The lowest BCUT2D eigenvalue weighted by atomic mass is 10.2. The molecular weight excluding hydrogens is 412 g/mol. The van der Waals surface area contributed by atoms with Crippen LogP contribution in [-0.2, 0) is 4.79 Å². The number of thioether (sulfide) groups is 1. The summed E-state index contributed by atoms with van der Waals surface area (Å²) in [4.78, 5) is 28.8. The Kier molecular flexibility index (Phi) is 6.60. The highest BCUT2D eigenvalue weighted by molar-refractivity contribution is 8.18. The van der Waals surface area contributed by atoms with E-state index >= 15 is 0 Å². The highest BCUT2D eigenvalue weighted by Gasteiger charge is 2.25. The number of nitrogens with zero attached hydrogens (tertiary/aromatic N) is 1. The van der Waals surface area contributed by atoms with Crippen LogP contribution >= 0.6 is 23.4 Å². The van der Waals surface area contributed by atoms with E-state index in [1.807, 2.05) is 0 Å². The molecule has 0 atom stereocenters. The SMILES string of the molecule is C#CCOc1ccc(/C=C2\SC(=NC(=O)c3ccc(Cl)cc3)NC2=O)cc1OC. The molecule has 1 fully saturated rings. The minimum atomic E-state index is -0.470. The van der Waals surface area contributed by atoms with Crippen LogP contribution in [0.5, 0.6) is 11.5 Å². The van der Waals surface area contributed by atoms with Crippen LogP contribution in [-0.4, -0.2) is 30.7 Å². The molecule has 0 unspecified atom stereocenters. The average molecular weight is 427 g/mol. The highest BCUT2D eigenvalue weighted by atomic mass is 35.5. The third kappa shape index (κ3) is 5.19. The lowest BCUT2D eigenvalue weighted by Gasteiger charge is -2.09. The molecule has 1 saturated heterocycles. The summed E-state index contributed by atoms with van der Waals surface area (Å²) in [6.07, 6.45) is 6.87. The van der Waals surface area contributed by atoms with E-state index in [0.29, 0.717) is 27.0 Å². The molecule has 0 bridgehead atoms. The van der Waals surface area contributed by atoms with Gasteiger partial charge in [0.15, 0.2) is 16.7 Å². The number of carbonyl (C=O) groups is 2. The van der Waals surface area contributed by atoms with Gasteiger partial charge in [-0.2, -0.15) is 4.99 Å². The smallest absolute Gasteiger partial charge is 0.279 e. The number of amides is 2. The fourth-order valence-corrected chi connectivity index (χ4v) is 3.34. The summed E-state index contributed by atoms with van der Waals surface area (Å²) in [6, 6.07) is 11.5. The van der Waals surface area contributed by atoms with Crippen LogP contribution in [0.15, 0.2) is 52.4 Å². The zero-order valence-electron chi connectivity index (χ0n) is 15.3. The Morgan fingerprint density at radius 2 is 2.03 bits per heavy atom. The van der Waals surface area contributed by atoms with Crippen molar-refractivity contribution in [3.8, 4) is 23.8 Å². The summed E-state index contributed by atoms with van der Waals surface area (Å²) in [5.41, 5.74) is 1.10. The minimum Gasteiger partial charge on any atom is -0.493 e. The Morgan fingerprint density at radius 1 is 1.28 bits per heavy atom. The normalized spacial score (nSPS) is 15.8. The lowest BCUT2D eigenvalue weighted by molar-refractivity contribution is -0.115. The number of rotatable bonds is 5. The second-order valence-electron chi connectivity index (χ2n) is 5.70. The maximum absolute atomic E-state index is 12.2. The predicted octanol–water partition coefficient (Wildman–Crippen LogP) is 3.76. The molecule has 146 valence electrons. The van der Waals surface area contributed by atoms with Crippen molar-refractivity contribution in [2.24, 2.45) is 4.99 Å². The first-order chi connectivity index (χ1) is 14.0. The number of nitrogens with one attached hydrogen (secondary N) is 1. The number of hydrogen-bond acceptors (Lipinski definition) is 5. The zero-order chi connectivity index (χ0) is 20.8. The molecule has 8 heteroatoms. The summed E-state index contributed by atoms with van der Waals surface area (Å²) in [7, 11) is 1.51. The molecule has 1 aliphatic heterocycles. The third-order valence-electron chi connectivity index (χ3n) is 3.74. The summed E-state index contributed by atoms with van der Waals surface area (Å²) < 4.78 is 10.7. The molecule has 3 rings (SSSR count). The van der Waals surface area contributed by atoms with Crippen molar-refractivity contribution in [1.82, 2.24) is 5.32 Å². The Labute approximate surface area is 176 Å². The molecule has 0 saturated carbocycles.